The van der Waals surface area contributed by atoms with E-state index >= 15 is 0 Å². The van der Waals surface area contributed by atoms with Gasteiger partial charge >= 0.3 is 5.97 Å². The lowest BCUT2D eigenvalue weighted by Crippen LogP contribution is -2.04. The summed E-state index contributed by atoms with van der Waals surface area (Å²) in [6, 6.07) is 11.6. The molecule has 4 aromatic rings. The molecule has 4 rings (SSSR count). The Morgan fingerprint density at radius 1 is 1.32 bits per heavy atom. The van der Waals surface area contributed by atoms with Crippen LogP contribution in [0.4, 0.5) is 0 Å². The van der Waals surface area contributed by atoms with Gasteiger partial charge in [0, 0.05) is 16.9 Å². The van der Waals surface area contributed by atoms with E-state index in [1.807, 2.05) is 48.0 Å². The van der Waals surface area contributed by atoms with E-state index in [0.717, 1.165) is 33.1 Å². The molecular weight excluding hydrogens is 380 g/mol. The third-order valence-corrected chi connectivity index (χ3v) is 5.67. The van der Waals surface area contributed by atoms with E-state index in [9.17, 15) is 4.79 Å². The Labute approximate surface area is 155 Å². The summed E-state index contributed by atoms with van der Waals surface area (Å²) in [4.78, 5) is 13.8. The Morgan fingerprint density at radius 3 is 2.84 bits per heavy atom. The number of thiophene rings is 1. The number of esters is 1. The topological polar surface area (TPSA) is 69.9 Å². The summed E-state index contributed by atoms with van der Waals surface area (Å²) < 4.78 is 11.3. The Hall–Kier alpha value is -2.29. The second kappa shape index (κ2) is 6.55. The Balaban J connectivity index is 1.63. The van der Waals surface area contributed by atoms with Crippen molar-refractivity contribution in [3.8, 4) is 5.69 Å². The number of nitrogens with zero attached hydrogens (tertiary/aromatic N) is 4. The summed E-state index contributed by atoms with van der Waals surface area (Å²) in [5.74, 6) is -0.413. The van der Waals surface area contributed by atoms with Crippen LogP contribution in [0.15, 0.2) is 36.4 Å². The fraction of sp³-hybridized carbons (Fsp3) is 0.125. The molecule has 6 nitrogen and oxygen atoms in total. The van der Waals surface area contributed by atoms with Gasteiger partial charge in [-0.15, -0.1) is 16.4 Å². The van der Waals surface area contributed by atoms with Crippen LogP contribution < -0.4 is 0 Å². The van der Waals surface area contributed by atoms with Crippen molar-refractivity contribution in [1.82, 2.24) is 19.4 Å². The highest BCUT2D eigenvalue weighted by molar-refractivity contribution is 7.20. The number of halogens is 1. The average Bonchev–Trinajstić information content (AvgIpc) is 3.31. The summed E-state index contributed by atoms with van der Waals surface area (Å²) in [5, 5.41) is 9.33. The number of rotatable bonds is 4. The molecule has 3 heterocycles. The summed E-state index contributed by atoms with van der Waals surface area (Å²) in [6.45, 7) is 1.93. The van der Waals surface area contributed by atoms with E-state index in [2.05, 4.69) is 14.7 Å². The molecule has 0 unspecified atom stereocenters. The smallest absolute Gasteiger partial charge is 0.348 e. The van der Waals surface area contributed by atoms with Crippen molar-refractivity contribution in [3.63, 3.8) is 0 Å². The maximum atomic E-state index is 12.3. The van der Waals surface area contributed by atoms with Gasteiger partial charge in [0.25, 0.3) is 0 Å². The van der Waals surface area contributed by atoms with E-state index < -0.39 is 5.97 Å². The standard InChI is InChI=1S/C16H11ClN4O2S2/c1-9-11-7-13(16(22)23-8-12-14(17)25-20-18-12)24-15(11)21(19-9)10-5-3-2-4-6-10/h2-7H,8H2,1H3. The molecule has 1 aromatic carbocycles. The summed E-state index contributed by atoms with van der Waals surface area (Å²) in [5.41, 5.74) is 2.27. The lowest BCUT2D eigenvalue weighted by Gasteiger charge is -2.02. The zero-order valence-corrected chi connectivity index (χ0v) is 15.4. The number of carbonyl (C=O) groups excluding carboxylic acids is 1. The monoisotopic (exact) mass is 390 g/mol. The second-order valence-electron chi connectivity index (χ2n) is 5.23. The van der Waals surface area contributed by atoms with Crippen molar-refractivity contribution >= 4 is 50.7 Å². The van der Waals surface area contributed by atoms with E-state index in [4.69, 9.17) is 16.3 Å². The van der Waals surface area contributed by atoms with Gasteiger partial charge in [-0.3, -0.25) is 0 Å². The molecule has 0 aliphatic carbocycles. The van der Waals surface area contributed by atoms with Gasteiger partial charge in [0.1, 0.15) is 26.3 Å². The molecule has 0 spiro atoms. The van der Waals surface area contributed by atoms with E-state index in [1.165, 1.54) is 11.3 Å². The van der Waals surface area contributed by atoms with Gasteiger partial charge < -0.3 is 4.74 Å². The van der Waals surface area contributed by atoms with E-state index in [1.54, 1.807) is 0 Å². The zero-order chi connectivity index (χ0) is 17.4. The van der Waals surface area contributed by atoms with Gasteiger partial charge in [0.05, 0.1) is 11.4 Å². The van der Waals surface area contributed by atoms with Gasteiger partial charge in [-0.1, -0.05) is 34.3 Å². The maximum Gasteiger partial charge on any atom is 0.348 e. The molecule has 0 amide bonds. The van der Waals surface area contributed by atoms with Crippen LogP contribution in [-0.4, -0.2) is 25.3 Å². The normalized spacial score (nSPS) is 11.1. The third-order valence-electron chi connectivity index (χ3n) is 3.60. The van der Waals surface area contributed by atoms with Crippen LogP contribution in [0.1, 0.15) is 21.1 Å². The number of benzene rings is 1. The molecule has 9 heteroatoms. The third kappa shape index (κ3) is 3.04. The van der Waals surface area contributed by atoms with Crippen LogP contribution in [-0.2, 0) is 11.3 Å². The van der Waals surface area contributed by atoms with Gasteiger partial charge in [0.15, 0.2) is 0 Å². The molecule has 0 fully saturated rings. The first kappa shape index (κ1) is 16.2. The van der Waals surface area contributed by atoms with Gasteiger partial charge in [-0.05, 0) is 25.1 Å². The molecule has 0 radical (unpaired) electrons. The number of ether oxygens (including phenoxy) is 1. The van der Waals surface area contributed by atoms with Crippen molar-refractivity contribution in [3.05, 3.63) is 57.0 Å². The minimum Gasteiger partial charge on any atom is -0.455 e. The fourth-order valence-corrected chi connectivity index (χ4v) is 4.06. The second-order valence-corrected chi connectivity index (χ2v) is 7.62. The zero-order valence-electron chi connectivity index (χ0n) is 13.0. The lowest BCUT2D eigenvalue weighted by molar-refractivity contribution is 0.0474. The first-order valence-corrected chi connectivity index (χ1v) is 9.28. The molecule has 0 atom stereocenters. The first-order chi connectivity index (χ1) is 12.1. The Bertz CT molecular complexity index is 1050. The number of para-hydroxylation sites is 1. The highest BCUT2D eigenvalue weighted by atomic mass is 35.5. The molecule has 0 aliphatic heterocycles. The van der Waals surface area contributed by atoms with Crippen molar-refractivity contribution in [2.24, 2.45) is 0 Å². The highest BCUT2D eigenvalue weighted by Gasteiger charge is 2.19. The van der Waals surface area contributed by atoms with Gasteiger partial charge in [0.2, 0.25) is 0 Å². The minimum absolute atomic E-state index is 0.00616. The number of carbonyl (C=O) groups is 1. The summed E-state index contributed by atoms with van der Waals surface area (Å²) >= 11 is 8.33. The highest BCUT2D eigenvalue weighted by Crippen LogP contribution is 2.31. The molecule has 0 aliphatic rings. The number of hydrogen-bond donors (Lipinski definition) is 0. The van der Waals surface area contributed by atoms with E-state index in [-0.39, 0.29) is 6.61 Å². The Kier molecular flexibility index (Phi) is 4.24. The van der Waals surface area contributed by atoms with Gasteiger partial charge in [-0.2, -0.15) is 5.10 Å². The van der Waals surface area contributed by atoms with Crippen LogP contribution in [0.25, 0.3) is 15.9 Å². The first-order valence-electron chi connectivity index (χ1n) is 7.32. The molecule has 25 heavy (non-hydrogen) atoms. The maximum absolute atomic E-state index is 12.3. The molecule has 126 valence electrons. The Morgan fingerprint density at radius 2 is 2.12 bits per heavy atom. The summed E-state index contributed by atoms with van der Waals surface area (Å²) in [6.07, 6.45) is 0. The largest absolute Gasteiger partial charge is 0.455 e. The molecule has 0 bridgehead atoms. The average molecular weight is 391 g/mol. The van der Waals surface area contributed by atoms with Crippen molar-refractivity contribution in [1.29, 1.82) is 0 Å². The molecule has 0 saturated carbocycles. The number of fused-ring (bicyclic) bond motifs is 1. The number of hydrogen-bond acceptors (Lipinski definition) is 7. The lowest BCUT2D eigenvalue weighted by atomic mass is 10.3. The fourth-order valence-electron chi connectivity index (χ4n) is 2.38. The van der Waals surface area contributed by atoms with Crippen molar-refractivity contribution < 1.29 is 9.53 Å². The predicted molar refractivity (Wildman–Crippen MR) is 97.7 cm³/mol. The quantitative estimate of drug-likeness (QED) is 0.487. The minimum atomic E-state index is -0.413. The van der Waals surface area contributed by atoms with Crippen LogP contribution in [0, 0.1) is 6.92 Å². The van der Waals surface area contributed by atoms with Crippen LogP contribution >= 0.6 is 34.5 Å². The summed E-state index contributed by atoms with van der Waals surface area (Å²) in [7, 11) is 0. The van der Waals surface area contributed by atoms with Crippen LogP contribution in [0.5, 0.6) is 0 Å². The molecule has 0 saturated heterocycles. The van der Waals surface area contributed by atoms with Crippen molar-refractivity contribution in [2.45, 2.75) is 13.5 Å². The molecule has 3 aromatic heterocycles. The van der Waals surface area contributed by atoms with E-state index in [0.29, 0.717) is 14.9 Å². The number of aryl methyl sites for hydroxylation is 1. The van der Waals surface area contributed by atoms with Crippen molar-refractivity contribution in [2.75, 3.05) is 0 Å². The van der Waals surface area contributed by atoms with Crippen LogP contribution in [0.2, 0.25) is 4.34 Å². The SMILES string of the molecule is Cc1nn(-c2ccccc2)c2sc(C(=O)OCc3nnsc3Cl)cc12. The molecule has 0 N–H and O–H groups in total. The molecular formula is C16H11ClN4O2S2. The predicted octanol–water partition coefficient (Wildman–Crippen LogP) is 4.26. The van der Waals surface area contributed by atoms with Gasteiger partial charge in [-0.25, -0.2) is 9.48 Å². The van der Waals surface area contributed by atoms with Crippen LogP contribution in [0.3, 0.4) is 0 Å². The number of aromatic nitrogens is 4.